The van der Waals surface area contributed by atoms with Gasteiger partial charge in [0.05, 0.1) is 5.41 Å². The highest BCUT2D eigenvalue weighted by molar-refractivity contribution is 7.07. The van der Waals surface area contributed by atoms with Crippen LogP contribution < -0.4 is 4.90 Å². The summed E-state index contributed by atoms with van der Waals surface area (Å²) in [5, 5.41) is 4.31. The van der Waals surface area contributed by atoms with E-state index < -0.39 is 0 Å². The minimum atomic E-state index is -0.318. The van der Waals surface area contributed by atoms with Crippen molar-refractivity contribution >= 4 is 22.9 Å². The van der Waals surface area contributed by atoms with E-state index >= 15 is 0 Å². The normalized spacial score (nSPS) is 25.0. The van der Waals surface area contributed by atoms with Crippen molar-refractivity contribution in [2.45, 2.75) is 18.4 Å². The van der Waals surface area contributed by atoms with Gasteiger partial charge in [-0.25, -0.2) is 0 Å². The van der Waals surface area contributed by atoms with Gasteiger partial charge in [0.15, 0.2) is 0 Å². The maximum atomic E-state index is 12.8. The van der Waals surface area contributed by atoms with Crippen LogP contribution in [0.3, 0.4) is 0 Å². The van der Waals surface area contributed by atoms with Gasteiger partial charge in [0.25, 0.3) is 0 Å². The van der Waals surface area contributed by atoms with E-state index in [1.807, 2.05) is 18.0 Å². The maximum absolute atomic E-state index is 12.8. The van der Waals surface area contributed by atoms with Gasteiger partial charge in [-0.15, -0.1) is 0 Å². The predicted molar refractivity (Wildman–Crippen MR) is 85.7 cm³/mol. The van der Waals surface area contributed by atoms with Crippen LogP contribution in [0.25, 0.3) is 0 Å². The molecule has 1 unspecified atom stereocenters. The van der Waals surface area contributed by atoms with E-state index in [-0.39, 0.29) is 11.3 Å². The molecule has 3 heterocycles. The third-order valence-electron chi connectivity index (χ3n) is 4.83. The Kier molecular flexibility index (Phi) is 2.91. The summed E-state index contributed by atoms with van der Waals surface area (Å²) in [5.74, 6) is 0.261. The van der Waals surface area contributed by atoms with Crippen molar-refractivity contribution in [1.29, 1.82) is 0 Å². The molecule has 2 aliphatic heterocycles. The van der Waals surface area contributed by atoms with Gasteiger partial charge in [-0.1, -0.05) is 18.2 Å². The van der Waals surface area contributed by atoms with Crippen molar-refractivity contribution in [3.05, 3.63) is 52.2 Å². The molecular weight excluding hydrogens is 280 g/mol. The Bertz CT molecular complexity index is 682. The SMILES string of the molecule is CN1C(=O)C2(CCN(Cc3ccsc3)C2)c2ccccc21. The molecule has 1 aromatic heterocycles. The number of carbonyl (C=O) groups excluding carboxylic acids is 1. The molecule has 1 aromatic carbocycles. The number of thiophene rings is 1. The Morgan fingerprint density at radius 1 is 1.29 bits per heavy atom. The summed E-state index contributed by atoms with van der Waals surface area (Å²) in [6.07, 6.45) is 0.928. The molecule has 3 nitrogen and oxygen atoms in total. The maximum Gasteiger partial charge on any atom is 0.238 e. The van der Waals surface area contributed by atoms with Gasteiger partial charge in [0.2, 0.25) is 5.91 Å². The summed E-state index contributed by atoms with van der Waals surface area (Å²) < 4.78 is 0. The first kappa shape index (κ1) is 13.0. The first-order valence-corrected chi connectivity index (χ1v) is 8.26. The van der Waals surface area contributed by atoms with Gasteiger partial charge in [0.1, 0.15) is 0 Å². The second-order valence-electron chi connectivity index (χ2n) is 6.06. The fourth-order valence-corrected chi connectivity index (χ4v) is 4.44. The standard InChI is InChI=1S/C17H18N2OS/c1-18-15-5-3-2-4-14(15)17(16(18)20)7-8-19(12-17)10-13-6-9-21-11-13/h2-6,9,11H,7-8,10,12H2,1H3. The number of anilines is 1. The first-order chi connectivity index (χ1) is 10.2. The first-order valence-electron chi connectivity index (χ1n) is 7.32. The topological polar surface area (TPSA) is 23.6 Å². The van der Waals surface area contributed by atoms with Crippen LogP contribution >= 0.6 is 11.3 Å². The Balaban J connectivity index is 1.65. The Hall–Kier alpha value is -1.65. The molecule has 1 saturated heterocycles. The molecule has 1 amide bonds. The van der Waals surface area contributed by atoms with Crippen LogP contribution in [0.4, 0.5) is 5.69 Å². The molecule has 4 heteroatoms. The number of likely N-dealkylation sites (N-methyl/N-ethyl adjacent to an activating group) is 1. The number of hydrogen-bond donors (Lipinski definition) is 0. The van der Waals surface area contributed by atoms with E-state index in [9.17, 15) is 4.79 Å². The van der Waals surface area contributed by atoms with Gasteiger partial charge in [0, 0.05) is 25.8 Å². The molecular formula is C17H18N2OS. The van der Waals surface area contributed by atoms with E-state index in [1.165, 1.54) is 11.1 Å². The Labute approximate surface area is 128 Å². The molecule has 2 aromatic rings. The molecule has 21 heavy (non-hydrogen) atoms. The molecule has 1 spiro atoms. The number of likely N-dealkylation sites (tertiary alicyclic amines) is 1. The largest absolute Gasteiger partial charge is 0.314 e. The highest BCUT2D eigenvalue weighted by atomic mass is 32.1. The number of fused-ring (bicyclic) bond motifs is 2. The van der Waals surface area contributed by atoms with Gasteiger partial charge in [-0.2, -0.15) is 11.3 Å². The van der Waals surface area contributed by atoms with E-state index in [1.54, 1.807) is 11.3 Å². The number of para-hydroxylation sites is 1. The number of benzene rings is 1. The lowest BCUT2D eigenvalue weighted by atomic mass is 9.81. The summed E-state index contributed by atoms with van der Waals surface area (Å²) in [6.45, 7) is 2.78. The van der Waals surface area contributed by atoms with Crippen LogP contribution in [0.1, 0.15) is 17.5 Å². The Morgan fingerprint density at radius 2 is 2.14 bits per heavy atom. The second-order valence-corrected chi connectivity index (χ2v) is 6.84. The smallest absolute Gasteiger partial charge is 0.238 e. The quantitative estimate of drug-likeness (QED) is 0.851. The van der Waals surface area contributed by atoms with Gasteiger partial charge < -0.3 is 4.90 Å². The van der Waals surface area contributed by atoms with Gasteiger partial charge in [-0.3, -0.25) is 9.69 Å². The third kappa shape index (κ3) is 1.86. The van der Waals surface area contributed by atoms with Gasteiger partial charge >= 0.3 is 0 Å². The zero-order valence-corrected chi connectivity index (χ0v) is 12.9. The number of rotatable bonds is 2. The van der Waals surface area contributed by atoms with Crippen molar-refractivity contribution in [3.63, 3.8) is 0 Å². The second kappa shape index (κ2) is 4.68. The van der Waals surface area contributed by atoms with Crippen LogP contribution in [-0.4, -0.2) is 30.9 Å². The predicted octanol–water partition coefficient (Wildman–Crippen LogP) is 2.87. The molecule has 0 saturated carbocycles. The van der Waals surface area contributed by atoms with Crippen molar-refractivity contribution < 1.29 is 4.79 Å². The van der Waals surface area contributed by atoms with Crippen molar-refractivity contribution in [2.75, 3.05) is 25.0 Å². The van der Waals surface area contributed by atoms with Crippen LogP contribution in [-0.2, 0) is 16.8 Å². The highest BCUT2D eigenvalue weighted by Crippen LogP contribution is 2.46. The minimum Gasteiger partial charge on any atom is -0.314 e. The summed E-state index contributed by atoms with van der Waals surface area (Å²) >= 11 is 1.73. The van der Waals surface area contributed by atoms with Crippen LogP contribution in [0, 0.1) is 0 Å². The lowest BCUT2D eigenvalue weighted by Crippen LogP contribution is -2.40. The molecule has 0 radical (unpaired) electrons. The Morgan fingerprint density at radius 3 is 2.95 bits per heavy atom. The zero-order chi connectivity index (χ0) is 14.4. The van der Waals surface area contributed by atoms with E-state index in [0.717, 1.165) is 31.7 Å². The highest BCUT2D eigenvalue weighted by Gasteiger charge is 2.53. The summed E-state index contributed by atoms with van der Waals surface area (Å²) in [5.41, 5.74) is 3.33. The van der Waals surface area contributed by atoms with Crippen LogP contribution in [0.2, 0.25) is 0 Å². The van der Waals surface area contributed by atoms with Crippen molar-refractivity contribution in [3.8, 4) is 0 Å². The molecule has 2 aliphatic rings. The molecule has 4 rings (SSSR count). The molecule has 0 N–H and O–H groups in total. The molecule has 1 atom stereocenters. The van der Waals surface area contributed by atoms with Crippen molar-refractivity contribution in [2.24, 2.45) is 0 Å². The van der Waals surface area contributed by atoms with E-state index in [2.05, 4.69) is 39.9 Å². The average Bonchev–Trinajstić information content (AvgIpc) is 3.20. The molecule has 0 bridgehead atoms. The third-order valence-corrected chi connectivity index (χ3v) is 5.56. The number of nitrogens with zero attached hydrogens (tertiary/aromatic N) is 2. The summed E-state index contributed by atoms with van der Waals surface area (Å²) in [4.78, 5) is 17.1. The lowest BCUT2D eigenvalue weighted by Gasteiger charge is -2.23. The van der Waals surface area contributed by atoms with Crippen LogP contribution in [0.5, 0.6) is 0 Å². The number of amides is 1. The minimum absolute atomic E-state index is 0.261. The molecule has 108 valence electrons. The van der Waals surface area contributed by atoms with Crippen molar-refractivity contribution in [1.82, 2.24) is 4.90 Å². The fourth-order valence-electron chi connectivity index (χ4n) is 3.78. The summed E-state index contributed by atoms with van der Waals surface area (Å²) in [6, 6.07) is 10.4. The zero-order valence-electron chi connectivity index (χ0n) is 12.1. The fraction of sp³-hybridized carbons (Fsp3) is 0.353. The molecule has 0 aliphatic carbocycles. The van der Waals surface area contributed by atoms with Crippen LogP contribution in [0.15, 0.2) is 41.1 Å². The number of carbonyl (C=O) groups is 1. The van der Waals surface area contributed by atoms with E-state index in [0.29, 0.717) is 0 Å². The average molecular weight is 298 g/mol. The van der Waals surface area contributed by atoms with E-state index in [4.69, 9.17) is 0 Å². The summed E-state index contributed by atoms with van der Waals surface area (Å²) in [7, 11) is 1.90. The van der Waals surface area contributed by atoms with Gasteiger partial charge in [-0.05, 0) is 47.0 Å². The lowest BCUT2D eigenvalue weighted by molar-refractivity contribution is -0.122. The molecule has 1 fully saturated rings. The number of hydrogen-bond acceptors (Lipinski definition) is 3. The monoisotopic (exact) mass is 298 g/mol.